The Balaban J connectivity index is 2.20. The molecule has 1 amide bonds. The molecule has 1 aromatic rings. The minimum atomic E-state index is -3.69. The summed E-state index contributed by atoms with van der Waals surface area (Å²) < 4.78 is 37.6. The van der Waals surface area contributed by atoms with Crippen molar-refractivity contribution in [2.75, 3.05) is 33.9 Å². The number of benzene rings is 1. The van der Waals surface area contributed by atoms with Gasteiger partial charge in [-0.1, -0.05) is 6.92 Å². The number of rotatable bonds is 7. The lowest BCUT2D eigenvalue weighted by Gasteiger charge is -2.31. The van der Waals surface area contributed by atoms with Gasteiger partial charge in [0.05, 0.1) is 25.0 Å². The minimum absolute atomic E-state index is 0.0749. The molecule has 140 valence electrons. The fourth-order valence-corrected chi connectivity index (χ4v) is 4.43. The van der Waals surface area contributed by atoms with Crippen LogP contribution in [0.15, 0.2) is 23.1 Å². The smallest absolute Gasteiger partial charge is 0.243 e. The molecule has 0 saturated carbocycles. The highest BCUT2D eigenvalue weighted by molar-refractivity contribution is 7.89. The Hall–Kier alpha value is -1.80. The number of ether oxygens (including phenoxy) is 2. The predicted molar refractivity (Wildman–Crippen MR) is 94.3 cm³/mol. The van der Waals surface area contributed by atoms with Crippen LogP contribution in [0, 0.1) is 5.92 Å². The number of sulfonamides is 1. The normalized spacial score (nSPS) is 18.6. The maximum atomic E-state index is 12.9. The molecule has 0 bridgehead atoms. The van der Waals surface area contributed by atoms with Gasteiger partial charge < -0.3 is 14.8 Å². The van der Waals surface area contributed by atoms with Crippen LogP contribution in [0.4, 0.5) is 0 Å². The highest BCUT2D eigenvalue weighted by atomic mass is 32.2. The second kappa shape index (κ2) is 8.53. The van der Waals surface area contributed by atoms with E-state index in [4.69, 9.17) is 9.47 Å². The third-order valence-corrected chi connectivity index (χ3v) is 6.16. The first-order valence-electron chi connectivity index (χ1n) is 8.44. The summed E-state index contributed by atoms with van der Waals surface area (Å²) in [5.74, 6) is 0.444. The molecule has 1 fully saturated rings. The SMILES string of the molecule is CCCNC(=O)C1CCCN(S(=O)(=O)c2ccc(OC)c(OC)c2)C1. The first kappa shape index (κ1) is 19.5. The van der Waals surface area contributed by atoms with Gasteiger partial charge in [0.1, 0.15) is 0 Å². The standard InChI is InChI=1S/C17H26N2O5S/c1-4-9-18-17(20)13-6-5-10-19(12-13)25(21,22)14-7-8-15(23-2)16(11-14)24-3/h7-8,11,13H,4-6,9-10,12H2,1-3H3,(H,18,20). The van der Waals surface area contributed by atoms with E-state index in [-0.39, 0.29) is 23.3 Å². The summed E-state index contributed by atoms with van der Waals surface area (Å²) in [6, 6.07) is 4.52. The van der Waals surface area contributed by atoms with E-state index in [1.165, 1.54) is 30.7 Å². The van der Waals surface area contributed by atoms with Gasteiger partial charge in [-0.3, -0.25) is 4.79 Å². The van der Waals surface area contributed by atoms with Gasteiger partial charge in [-0.2, -0.15) is 4.31 Å². The van der Waals surface area contributed by atoms with Gasteiger partial charge in [0.2, 0.25) is 15.9 Å². The lowest BCUT2D eigenvalue weighted by molar-refractivity contribution is -0.126. The Bertz CT molecular complexity index is 705. The summed E-state index contributed by atoms with van der Waals surface area (Å²) in [6.45, 7) is 3.20. The van der Waals surface area contributed by atoms with E-state index in [2.05, 4.69) is 5.32 Å². The zero-order valence-corrected chi connectivity index (χ0v) is 15.8. The van der Waals surface area contributed by atoms with Crippen molar-refractivity contribution in [2.24, 2.45) is 5.92 Å². The molecule has 0 aliphatic carbocycles. The van der Waals surface area contributed by atoms with Gasteiger partial charge in [0.15, 0.2) is 11.5 Å². The molecule has 1 unspecified atom stereocenters. The molecule has 7 nitrogen and oxygen atoms in total. The van der Waals surface area contributed by atoms with Crippen molar-refractivity contribution >= 4 is 15.9 Å². The van der Waals surface area contributed by atoms with Gasteiger partial charge in [0.25, 0.3) is 0 Å². The number of amides is 1. The molecule has 0 spiro atoms. The lowest BCUT2D eigenvalue weighted by atomic mass is 9.99. The van der Waals surface area contributed by atoms with E-state index < -0.39 is 10.0 Å². The molecule has 1 heterocycles. The van der Waals surface area contributed by atoms with E-state index in [9.17, 15) is 13.2 Å². The molecule has 1 atom stereocenters. The number of methoxy groups -OCH3 is 2. The Kier molecular flexibility index (Phi) is 6.66. The number of hydrogen-bond acceptors (Lipinski definition) is 5. The molecule has 8 heteroatoms. The van der Waals surface area contributed by atoms with Crippen molar-refractivity contribution in [1.29, 1.82) is 0 Å². The fraction of sp³-hybridized carbons (Fsp3) is 0.588. The third kappa shape index (κ3) is 4.43. The topological polar surface area (TPSA) is 84.9 Å². The number of nitrogens with one attached hydrogen (secondary N) is 1. The maximum absolute atomic E-state index is 12.9. The number of nitrogens with zero attached hydrogens (tertiary/aromatic N) is 1. The second-order valence-electron chi connectivity index (χ2n) is 6.01. The third-order valence-electron chi connectivity index (χ3n) is 4.30. The second-order valence-corrected chi connectivity index (χ2v) is 7.95. The van der Waals surface area contributed by atoms with Gasteiger partial charge >= 0.3 is 0 Å². The zero-order valence-electron chi connectivity index (χ0n) is 14.9. The van der Waals surface area contributed by atoms with E-state index in [0.29, 0.717) is 37.4 Å². The van der Waals surface area contributed by atoms with Crippen molar-refractivity contribution in [3.05, 3.63) is 18.2 Å². The average molecular weight is 370 g/mol. The van der Waals surface area contributed by atoms with Crippen LogP contribution in [0.2, 0.25) is 0 Å². The summed E-state index contributed by atoms with van der Waals surface area (Å²) >= 11 is 0. The molecule has 25 heavy (non-hydrogen) atoms. The van der Waals surface area contributed by atoms with E-state index in [1.807, 2.05) is 6.92 Å². The molecule has 1 aromatic carbocycles. The Morgan fingerprint density at radius 2 is 2.00 bits per heavy atom. The zero-order chi connectivity index (χ0) is 18.4. The molecule has 1 N–H and O–H groups in total. The van der Waals surface area contributed by atoms with Gasteiger partial charge in [-0.05, 0) is 31.4 Å². The molecule has 1 saturated heterocycles. The molecule has 1 aliphatic rings. The minimum Gasteiger partial charge on any atom is -0.493 e. The van der Waals surface area contributed by atoms with E-state index >= 15 is 0 Å². The van der Waals surface area contributed by atoms with Crippen molar-refractivity contribution in [3.8, 4) is 11.5 Å². The Labute approximate surface area is 149 Å². The predicted octanol–water partition coefficient (Wildman–Crippen LogP) is 1.63. The Morgan fingerprint density at radius 3 is 2.64 bits per heavy atom. The van der Waals surface area contributed by atoms with Crippen molar-refractivity contribution < 1.29 is 22.7 Å². The quantitative estimate of drug-likeness (QED) is 0.789. The molecular weight excluding hydrogens is 344 g/mol. The van der Waals surface area contributed by atoms with Crippen LogP contribution in [0.1, 0.15) is 26.2 Å². The summed E-state index contributed by atoms with van der Waals surface area (Å²) in [7, 11) is -0.731. The van der Waals surface area contributed by atoms with Crippen LogP contribution in [-0.2, 0) is 14.8 Å². The lowest BCUT2D eigenvalue weighted by Crippen LogP contribution is -2.45. The van der Waals surface area contributed by atoms with Crippen LogP contribution < -0.4 is 14.8 Å². The Morgan fingerprint density at radius 1 is 1.28 bits per heavy atom. The number of carbonyl (C=O) groups is 1. The number of carbonyl (C=O) groups excluding carboxylic acids is 1. The highest BCUT2D eigenvalue weighted by Gasteiger charge is 2.33. The molecule has 0 radical (unpaired) electrons. The first-order chi connectivity index (χ1) is 11.9. The van der Waals surface area contributed by atoms with Crippen LogP contribution in [0.3, 0.4) is 0 Å². The van der Waals surface area contributed by atoms with Crippen LogP contribution >= 0.6 is 0 Å². The van der Waals surface area contributed by atoms with Crippen molar-refractivity contribution in [3.63, 3.8) is 0 Å². The summed E-state index contributed by atoms with van der Waals surface area (Å²) in [5.41, 5.74) is 0. The molecular formula is C17H26N2O5S. The molecule has 2 rings (SSSR count). The number of hydrogen-bond donors (Lipinski definition) is 1. The van der Waals surface area contributed by atoms with Gasteiger partial charge in [-0.15, -0.1) is 0 Å². The van der Waals surface area contributed by atoms with Gasteiger partial charge in [-0.25, -0.2) is 8.42 Å². The summed E-state index contributed by atoms with van der Waals surface area (Å²) in [5, 5.41) is 2.85. The van der Waals surface area contributed by atoms with Crippen LogP contribution in [0.5, 0.6) is 11.5 Å². The van der Waals surface area contributed by atoms with E-state index in [0.717, 1.165) is 6.42 Å². The average Bonchev–Trinajstić information content (AvgIpc) is 2.65. The van der Waals surface area contributed by atoms with Crippen molar-refractivity contribution in [1.82, 2.24) is 9.62 Å². The van der Waals surface area contributed by atoms with E-state index in [1.54, 1.807) is 6.07 Å². The largest absolute Gasteiger partial charge is 0.493 e. The van der Waals surface area contributed by atoms with Gasteiger partial charge in [0, 0.05) is 25.7 Å². The van der Waals surface area contributed by atoms with Crippen LogP contribution in [0.25, 0.3) is 0 Å². The summed E-state index contributed by atoms with van der Waals surface area (Å²) in [6.07, 6.45) is 2.22. The monoisotopic (exact) mass is 370 g/mol. The highest BCUT2D eigenvalue weighted by Crippen LogP contribution is 2.32. The molecule has 1 aliphatic heterocycles. The van der Waals surface area contributed by atoms with Crippen LogP contribution in [-0.4, -0.2) is 52.5 Å². The fourth-order valence-electron chi connectivity index (χ4n) is 2.89. The maximum Gasteiger partial charge on any atom is 0.243 e. The van der Waals surface area contributed by atoms with Crippen molar-refractivity contribution in [2.45, 2.75) is 31.1 Å². The molecule has 0 aromatic heterocycles. The summed E-state index contributed by atoms with van der Waals surface area (Å²) in [4.78, 5) is 12.3. The first-order valence-corrected chi connectivity index (χ1v) is 9.88. The number of piperidine rings is 1.